The number of carbonyl (C=O) groups is 3. The molecule has 0 rings (SSSR count). The lowest BCUT2D eigenvalue weighted by atomic mass is 10.0. The average molecular weight is 1120 g/mol. The maximum absolute atomic E-state index is 12.9. The van der Waals surface area contributed by atoms with Crippen LogP contribution in [0.15, 0.2) is 60.8 Å². The van der Waals surface area contributed by atoms with E-state index < -0.39 is 6.10 Å². The molecule has 6 heteroatoms. The summed E-state index contributed by atoms with van der Waals surface area (Å²) in [5, 5.41) is 0. The second-order valence-electron chi connectivity index (χ2n) is 23.8. The summed E-state index contributed by atoms with van der Waals surface area (Å²) in [5.41, 5.74) is 0. The van der Waals surface area contributed by atoms with Crippen LogP contribution >= 0.6 is 0 Å². The number of rotatable bonds is 65. The quantitative estimate of drug-likeness (QED) is 0.0261. The standard InChI is InChI=1S/C74H134O6/c1-4-7-10-13-16-19-22-25-27-29-31-32-33-34-35-36-37-38-39-40-41-42-43-45-46-49-52-55-58-61-64-67-73(76)79-70-71(69-78-72(75)66-63-60-57-54-51-48-24-21-18-15-12-9-6-3)80-74(77)68-65-62-59-56-53-50-47-44-30-28-26-23-20-17-14-11-8-5-2/h12,15,21-22,24-25,28-31,71H,4-11,13-14,16-20,23,26-27,32-70H2,1-3H3/b15-12-,24-21-,25-22-,30-28-,31-29-. The molecule has 0 saturated carbocycles. The van der Waals surface area contributed by atoms with Crippen molar-refractivity contribution in [2.45, 2.75) is 380 Å². The minimum Gasteiger partial charge on any atom is -0.462 e. The molecule has 0 heterocycles. The van der Waals surface area contributed by atoms with Gasteiger partial charge < -0.3 is 14.2 Å². The number of carbonyl (C=O) groups excluding carboxylic acids is 3. The van der Waals surface area contributed by atoms with Crippen LogP contribution in [0.2, 0.25) is 0 Å². The van der Waals surface area contributed by atoms with Gasteiger partial charge >= 0.3 is 17.9 Å². The fraction of sp³-hybridized carbons (Fsp3) is 0.824. The van der Waals surface area contributed by atoms with Crippen LogP contribution in [-0.2, 0) is 28.6 Å². The van der Waals surface area contributed by atoms with Crippen LogP contribution in [0.25, 0.3) is 0 Å². The Morgan fingerprint density at radius 2 is 0.475 bits per heavy atom. The maximum atomic E-state index is 12.9. The van der Waals surface area contributed by atoms with Crippen LogP contribution in [0, 0.1) is 0 Å². The Balaban J connectivity index is 4.17. The molecule has 0 radical (unpaired) electrons. The fourth-order valence-electron chi connectivity index (χ4n) is 10.4. The first kappa shape index (κ1) is 77.1. The van der Waals surface area contributed by atoms with Crippen molar-refractivity contribution in [3.8, 4) is 0 Å². The lowest BCUT2D eigenvalue weighted by molar-refractivity contribution is -0.167. The third kappa shape index (κ3) is 65.9. The molecule has 0 aliphatic rings. The Kier molecular flexibility index (Phi) is 66.1. The highest BCUT2D eigenvalue weighted by Crippen LogP contribution is 2.18. The smallest absolute Gasteiger partial charge is 0.306 e. The number of unbranched alkanes of at least 4 members (excludes halogenated alkanes) is 44. The molecule has 0 fully saturated rings. The van der Waals surface area contributed by atoms with Crippen LogP contribution in [0.1, 0.15) is 374 Å². The largest absolute Gasteiger partial charge is 0.462 e. The topological polar surface area (TPSA) is 78.9 Å². The first-order valence-corrected chi connectivity index (χ1v) is 35.3. The number of hydrogen-bond acceptors (Lipinski definition) is 6. The molecule has 0 aromatic rings. The second kappa shape index (κ2) is 68.6. The van der Waals surface area contributed by atoms with Gasteiger partial charge in [0, 0.05) is 19.3 Å². The first-order valence-electron chi connectivity index (χ1n) is 35.3. The van der Waals surface area contributed by atoms with E-state index in [0.717, 1.165) is 89.9 Å². The predicted molar refractivity (Wildman–Crippen MR) is 348 cm³/mol. The van der Waals surface area contributed by atoms with Crippen molar-refractivity contribution in [3.05, 3.63) is 60.8 Å². The summed E-state index contributed by atoms with van der Waals surface area (Å²) in [4.78, 5) is 38.4. The lowest BCUT2D eigenvalue weighted by Gasteiger charge is -2.18. The SMILES string of the molecule is CCC/C=C\C/C=C\CCCCCCCC(=O)OCC(COC(=O)CCCCCCCCCCCCCCCCCCCCC/C=C\C/C=C\CCCCCCC)OC(=O)CCCCCCCCC/C=C\CCCCCCCCC. The Labute approximate surface area is 498 Å². The van der Waals surface area contributed by atoms with Crippen molar-refractivity contribution >= 4 is 17.9 Å². The Hall–Kier alpha value is -2.89. The van der Waals surface area contributed by atoms with Gasteiger partial charge in [0.25, 0.3) is 0 Å². The van der Waals surface area contributed by atoms with E-state index in [1.165, 1.54) is 244 Å². The van der Waals surface area contributed by atoms with Crippen molar-refractivity contribution in [2.75, 3.05) is 13.2 Å². The second-order valence-corrected chi connectivity index (χ2v) is 23.8. The van der Waals surface area contributed by atoms with Gasteiger partial charge in [0.2, 0.25) is 0 Å². The third-order valence-electron chi connectivity index (χ3n) is 15.7. The highest BCUT2D eigenvalue weighted by molar-refractivity contribution is 5.71. The highest BCUT2D eigenvalue weighted by atomic mass is 16.6. The molecule has 80 heavy (non-hydrogen) atoms. The molecule has 6 nitrogen and oxygen atoms in total. The third-order valence-corrected chi connectivity index (χ3v) is 15.7. The molecule has 0 aromatic heterocycles. The van der Waals surface area contributed by atoms with Crippen LogP contribution < -0.4 is 0 Å². The van der Waals surface area contributed by atoms with Crippen LogP contribution in [0.4, 0.5) is 0 Å². The Morgan fingerprint density at radius 1 is 0.250 bits per heavy atom. The van der Waals surface area contributed by atoms with E-state index in [1.807, 2.05) is 0 Å². The summed E-state index contributed by atoms with van der Waals surface area (Å²) < 4.78 is 17.0. The van der Waals surface area contributed by atoms with E-state index >= 15 is 0 Å². The van der Waals surface area contributed by atoms with Crippen LogP contribution in [0.5, 0.6) is 0 Å². The van der Waals surface area contributed by atoms with Crippen molar-refractivity contribution < 1.29 is 28.6 Å². The molecule has 0 bridgehead atoms. The summed E-state index contributed by atoms with van der Waals surface area (Å²) in [6, 6.07) is 0. The number of hydrogen-bond donors (Lipinski definition) is 0. The lowest BCUT2D eigenvalue weighted by Crippen LogP contribution is -2.30. The van der Waals surface area contributed by atoms with E-state index in [4.69, 9.17) is 14.2 Å². The molecular weight excluding hydrogens is 985 g/mol. The number of ether oxygens (including phenoxy) is 3. The first-order chi connectivity index (χ1) is 39.5. The number of esters is 3. The van der Waals surface area contributed by atoms with Crippen molar-refractivity contribution in [2.24, 2.45) is 0 Å². The molecule has 0 amide bonds. The van der Waals surface area contributed by atoms with E-state index in [9.17, 15) is 14.4 Å². The van der Waals surface area contributed by atoms with Crippen LogP contribution in [0.3, 0.4) is 0 Å². The maximum Gasteiger partial charge on any atom is 0.306 e. The molecule has 0 aromatic carbocycles. The minimum atomic E-state index is -0.782. The molecule has 0 aliphatic heterocycles. The molecule has 0 aliphatic carbocycles. The van der Waals surface area contributed by atoms with E-state index in [-0.39, 0.29) is 31.1 Å². The summed E-state index contributed by atoms with van der Waals surface area (Å²) in [6.45, 7) is 6.60. The monoisotopic (exact) mass is 1120 g/mol. The molecule has 1 unspecified atom stereocenters. The summed E-state index contributed by atoms with van der Waals surface area (Å²) in [7, 11) is 0. The predicted octanol–water partition coefficient (Wildman–Crippen LogP) is 24.3. The van der Waals surface area contributed by atoms with Crippen molar-refractivity contribution in [1.82, 2.24) is 0 Å². The number of allylic oxidation sites excluding steroid dienone is 10. The highest BCUT2D eigenvalue weighted by Gasteiger charge is 2.19. The van der Waals surface area contributed by atoms with Gasteiger partial charge in [0.1, 0.15) is 13.2 Å². The molecule has 0 N–H and O–H groups in total. The van der Waals surface area contributed by atoms with Gasteiger partial charge in [-0.25, -0.2) is 0 Å². The molecule has 466 valence electrons. The average Bonchev–Trinajstić information content (AvgIpc) is 3.46. The van der Waals surface area contributed by atoms with Gasteiger partial charge in [0.05, 0.1) is 0 Å². The molecule has 0 spiro atoms. The van der Waals surface area contributed by atoms with Crippen molar-refractivity contribution in [1.29, 1.82) is 0 Å². The zero-order chi connectivity index (χ0) is 57.8. The Morgan fingerprint density at radius 3 is 0.750 bits per heavy atom. The normalized spacial score (nSPS) is 12.4. The Bertz CT molecular complexity index is 1430. The molecule has 0 saturated heterocycles. The van der Waals surface area contributed by atoms with Gasteiger partial charge in [0.15, 0.2) is 6.10 Å². The molecular formula is C74H134O6. The summed E-state index contributed by atoms with van der Waals surface area (Å²) in [5.74, 6) is -0.875. The van der Waals surface area contributed by atoms with Gasteiger partial charge in [-0.3, -0.25) is 14.4 Å². The van der Waals surface area contributed by atoms with E-state index in [1.54, 1.807) is 0 Å². The summed E-state index contributed by atoms with van der Waals surface area (Å²) >= 11 is 0. The fourth-order valence-corrected chi connectivity index (χ4v) is 10.4. The van der Waals surface area contributed by atoms with Gasteiger partial charge in [-0.2, -0.15) is 0 Å². The zero-order valence-electron chi connectivity index (χ0n) is 53.6. The van der Waals surface area contributed by atoms with Gasteiger partial charge in [-0.1, -0.05) is 313 Å². The zero-order valence-corrected chi connectivity index (χ0v) is 53.6. The summed E-state index contributed by atoms with van der Waals surface area (Å²) in [6.07, 6.45) is 88.3. The van der Waals surface area contributed by atoms with E-state index in [0.29, 0.717) is 19.3 Å². The van der Waals surface area contributed by atoms with E-state index in [2.05, 4.69) is 81.5 Å². The minimum absolute atomic E-state index is 0.0769. The van der Waals surface area contributed by atoms with Crippen LogP contribution in [-0.4, -0.2) is 37.2 Å². The van der Waals surface area contributed by atoms with Crippen molar-refractivity contribution in [3.63, 3.8) is 0 Å². The molecule has 1 atom stereocenters. The van der Waals surface area contributed by atoms with Gasteiger partial charge in [-0.15, -0.1) is 0 Å². The van der Waals surface area contributed by atoms with Gasteiger partial charge in [-0.05, 0) is 103 Å².